The van der Waals surface area contributed by atoms with Crippen LogP contribution in [-0.2, 0) is 0 Å². The molecular formula is C23H19ClN2O3S. The van der Waals surface area contributed by atoms with E-state index in [0.29, 0.717) is 33.2 Å². The number of methoxy groups -OCH3 is 2. The maximum Gasteiger partial charge on any atom is 0.277 e. The number of hydrogen-bond donors (Lipinski definition) is 0. The number of ether oxygens (including phenoxy) is 2. The third-order valence-corrected chi connectivity index (χ3v) is 5.94. The van der Waals surface area contributed by atoms with Crippen LogP contribution in [0.3, 0.4) is 0 Å². The normalized spacial score (nSPS) is 11.8. The quantitative estimate of drug-likeness (QED) is 0.316. The average molecular weight is 439 g/mol. The number of benzene rings is 3. The fourth-order valence-corrected chi connectivity index (χ4v) is 4.17. The van der Waals surface area contributed by atoms with Gasteiger partial charge in [-0.2, -0.15) is 0 Å². The van der Waals surface area contributed by atoms with Crippen molar-refractivity contribution in [2.24, 2.45) is 0 Å². The van der Waals surface area contributed by atoms with Crippen LogP contribution < -0.4 is 9.47 Å². The van der Waals surface area contributed by atoms with Gasteiger partial charge in [-0.15, -0.1) is 10.2 Å². The molecule has 0 unspecified atom stereocenters. The number of rotatable bonds is 7. The van der Waals surface area contributed by atoms with E-state index in [4.69, 9.17) is 25.5 Å². The van der Waals surface area contributed by atoms with E-state index in [1.54, 1.807) is 20.3 Å². The molecule has 152 valence electrons. The second kappa shape index (κ2) is 9.24. The molecule has 0 aliphatic heterocycles. The third-order valence-electron chi connectivity index (χ3n) is 4.54. The van der Waals surface area contributed by atoms with Crippen molar-refractivity contribution in [2.75, 3.05) is 14.2 Å². The van der Waals surface area contributed by atoms with Gasteiger partial charge in [0.25, 0.3) is 11.1 Å². The first-order valence-corrected chi connectivity index (χ1v) is 10.5. The second-order valence-electron chi connectivity index (χ2n) is 6.40. The van der Waals surface area contributed by atoms with Crippen LogP contribution in [-0.4, -0.2) is 24.4 Å². The van der Waals surface area contributed by atoms with Gasteiger partial charge in [0, 0.05) is 11.1 Å². The molecule has 1 heterocycles. The highest BCUT2D eigenvalue weighted by atomic mass is 35.5. The van der Waals surface area contributed by atoms with Crippen LogP contribution in [0.15, 0.2) is 82.4 Å². The Morgan fingerprint density at radius 2 is 1.60 bits per heavy atom. The summed E-state index contributed by atoms with van der Waals surface area (Å²) < 4.78 is 16.7. The van der Waals surface area contributed by atoms with Crippen LogP contribution in [0.1, 0.15) is 16.4 Å². The smallest absolute Gasteiger partial charge is 0.277 e. The summed E-state index contributed by atoms with van der Waals surface area (Å²) in [5.41, 5.74) is 2.93. The van der Waals surface area contributed by atoms with Crippen molar-refractivity contribution in [3.8, 4) is 23.0 Å². The van der Waals surface area contributed by atoms with E-state index in [1.807, 2.05) is 54.6 Å². The summed E-state index contributed by atoms with van der Waals surface area (Å²) in [7, 11) is 3.20. The first-order valence-electron chi connectivity index (χ1n) is 9.21. The van der Waals surface area contributed by atoms with Crippen LogP contribution in [0.2, 0.25) is 5.02 Å². The van der Waals surface area contributed by atoms with Gasteiger partial charge in [-0.1, -0.05) is 65.8 Å². The zero-order valence-electron chi connectivity index (χ0n) is 16.4. The summed E-state index contributed by atoms with van der Waals surface area (Å²) in [6, 6.07) is 23.4. The van der Waals surface area contributed by atoms with Crippen molar-refractivity contribution >= 4 is 23.4 Å². The predicted molar refractivity (Wildman–Crippen MR) is 118 cm³/mol. The van der Waals surface area contributed by atoms with Crippen molar-refractivity contribution < 1.29 is 13.9 Å². The SMILES string of the molecule is COc1ccc(-c2nnc(S[C@H](c3ccccc3)c3ccc(Cl)cc3)o2)c(OC)c1. The van der Waals surface area contributed by atoms with Crippen LogP contribution in [0, 0.1) is 0 Å². The van der Waals surface area contributed by atoms with Gasteiger partial charge in [-0.05, 0) is 35.4 Å². The lowest BCUT2D eigenvalue weighted by Crippen LogP contribution is -1.96. The Kier molecular flexibility index (Phi) is 6.26. The van der Waals surface area contributed by atoms with Gasteiger partial charge in [0.15, 0.2) is 0 Å². The number of halogens is 1. The van der Waals surface area contributed by atoms with Gasteiger partial charge in [0.1, 0.15) is 11.5 Å². The van der Waals surface area contributed by atoms with E-state index < -0.39 is 0 Å². The van der Waals surface area contributed by atoms with Gasteiger partial charge < -0.3 is 13.9 Å². The van der Waals surface area contributed by atoms with Crippen LogP contribution in [0.25, 0.3) is 11.5 Å². The minimum atomic E-state index is -0.0190. The molecule has 0 N–H and O–H groups in total. The Morgan fingerprint density at radius 1 is 0.867 bits per heavy atom. The lowest BCUT2D eigenvalue weighted by Gasteiger charge is -2.15. The Hall–Kier alpha value is -2.96. The molecule has 0 spiro atoms. The summed E-state index contributed by atoms with van der Waals surface area (Å²) in [5.74, 6) is 1.68. The Labute approximate surface area is 184 Å². The highest BCUT2D eigenvalue weighted by molar-refractivity contribution is 7.99. The molecule has 0 aliphatic rings. The van der Waals surface area contributed by atoms with Crippen LogP contribution >= 0.6 is 23.4 Å². The number of nitrogens with zero attached hydrogens (tertiary/aromatic N) is 2. The van der Waals surface area contributed by atoms with Crippen molar-refractivity contribution in [1.82, 2.24) is 10.2 Å². The molecule has 1 atom stereocenters. The molecule has 1 aromatic heterocycles. The molecule has 0 bridgehead atoms. The van der Waals surface area contributed by atoms with E-state index in [1.165, 1.54) is 11.8 Å². The fraction of sp³-hybridized carbons (Fsp3) is 0.130. The summed E-state index contributed by atoms with van der Waals surface area (Å²) in [6.45, 7) is 0. The van der Waals surface area contributed by atoms with E-state index >= 15 is 0 Å². The topological polar surface area (TPSA) is 57.4 Å². The molecule has 7 heteroatoms. The number of thioether (sulfide) groups is 1. The summed E-state index contributed by atoms with van der Waals surface area (Å²) >= 11 is 7.56. The zero-order valence-corrected chi connectivity index (χ0v) is 18.0. The minimum absolute atomic E-state index is 0.0190. The van der Waals surface area contributed by atoms with E-state index in [2.05, 4.69) is 22.3 Å². The molecule has 0 radical (unpaired) electrons. The summed E-state index contributed by atoms with van der Waals surface area (Å²) in [5, 5.41) is 9.62. The Morgan fingerprint density at radius 3 is 2.30 bits per heavy atom. The molecule has 4 aromatic rings. The van der Waals surface area contributed by atoms with Crippen LogP contribution in [0.5, 0.6) is 11.5 Å². The van der Waals surface area contributed by atoms with Crippen molar-refractivity contribution in [1.29, 1.82) is 0 Å². The highest BCUT2D eigenvalue weighted by Crippen LogP contribution is 2.41. The van der Waals surface area contributed by atoms with E-state index in [0.717, 1.165) is 11.1 Å². The molecule has 0 fully saturated rings. The molecule has 3 aromatic carbocycles. The molecular weight excluding hydrogens is 420 g/mol. The van der Waals surface area contributed by atoms with Crippen molar-refractivity contribution in [2.45, 2.75) is 10.5 Å². The number of hydrogen-bond acceptors (Lipinski definition) is 6. The van der Waals surface area contributed by atoms with Gasteiger partial charge in [0.2, 0.25) is 0 Å². The molecule has 5 nitrogen and oxygen atoms in total. The molecule has 0 saturated heterocycles. The molecule has 0 saturated carbocycles. The lowest BCUT2D eigenvalue weighted by atomic mass is 10.0. The predicted octanol–water partition coefficient (Wildman–Crippen LogP) is 6.29. The van der Waals surface area contributed by atoms with Crippen LogP contribution in [0.4, 0.5) is 0 Å². The maximum atomic E-state index is 6.08. The van der Waals surface area contributed by atoms with E-state index in [-0.39, 0.29) is 5.25 Å². The Bertz CT molecular complexity index is 1120. The zero-order chi connectivity index (χ0) is 20.9. The molecule has 4 rings (SSSR count). The highest BCUT2D eigenvalue weighted by Gasteiger charge is 2.21. The third kappa shape index (κ3) is 4.45. The molecule has 30 heavy (non-hydrogen) atoms. The van der Waals surface area contributed by atoms with Gasteiger partial charge in [-0.3, -0.25) is 0 Å². The van der Waals surface area contributed by atoms with Gasteiger partial charge >= 0.3 is 0 Å². The van der Waals surface area contributed by atoms with E-state index in [9.17, 15) is 0 Å². The summed E-state index contributed by atoms with van der Waals surface area (Å²) in [6.07, 6.45) is 0. The largest absolute Gasteiger partial charge is 0.497 e. The number of aromatic nitrogens is 2. The lowest BCUT2D eigenvalue weighted by molar-refractivity contribution is 0.393. The fourth-order valence-electron chi connectivity index (χ4n) is 3.04. The van der Waals surface area contributed by atoms with Gasteiger partial charge in [-0.25, -0.2) is 0 Å². The van der Waals surface area contributed by atoms with Crippen molar-refractivity contribution in [3.63, 3.8) is 0 Å². The Balaban J connectivity index is 1.65. The molecule has 0 amide bonds. The average Bonchev–Trinajstić information content (AvgIpc) is 3.26. The standard InChI is InChI=1S/C23H19ClN2O3S/c1-27-18-12-13-19(20(14-18)28-2)22-25-26-23(29-22)30-21(15-6-4-3-5-7-15)16-8-10-17(24)11-9-16/h3-14,21H,1-2H3/t21-/m1/s1. The first-order chi connectivity index (χ1) is 14.7. The molecule has 0 aliphatic carbocycles. The maximum absolute atomic E-state index is 6.08. The monoisotopic (exact) mass is 438 g/mol. The summed E-state index contributed by atoms with van der Waals surface area (Å²) in [4.78, 5) is 0. The van der Waals surface area contributed by atoms with Crippen molar-refractivity contribution in [3.05, 3.63) is 88.9 Å². The second-order valence-corrected chi connectivity index (χ2v) is 7.89. The van der Waals surface area contributed by atoms with Gasteiger partial charge in [0.05, 0.1) is 25.0 Å². The first kappa shape index (κ1) is 20.3. The minimum Gasteiger partial charge on any atom is -0.497 e.